The number of ether oxygens (including phenoxy) is 1. The van der Waals surface area contributed by atoms with Crippen molar-refractivity contribution < 1.29 is 19.0 Å². The van der Waals surface area contributed by atoms with Gasteiger partial charge < -0.3 is 9.15 Å². The summed E-state index contributed by atoms with van der Waals surface area (Å²) in [6, 6.07) is 3.15. The van der Waals surface area contributed by atoms with E-state index in [4.69, 9.17) is 9.15 Å². The van der Waals surface area contributed by atoms with Crippen LogP contribution in [0.4, 0.5) is 11.4 Å². The first-order chi connectivity index (χ1) is 9.08. The van der Waals surface area contributed by atoms with E-state index >= 15 is 0 Å². The summed E-state index contributed by atoms with van der Waals surface area (Å²) >= 11 is 0. The molecule has 0 fully saturated rings. The minimum absolute atomic E-state index is 0.0326. The molecule has 0 spiro atoms. The molecule has 0 bridgehead atoms. The van der Waals surface area contributed by atoms with E-state index in [1.54, 1.807) is 0 Å². The summed E-state index contributed by atoms with van der Waals surface area (Å²) in [6.45, 7) is -0.0326. The van der Waals surface area contributed by atoms with Gasteiger partial charge in [-0.25, -0.2) is 4.98 Å². The van der Waals surface area contributed by atoms with Crippen LogP contribution in [-0.2, 0) is 6.61 Å². The van der Waals surface area contributed by atoms with E-state index in [9.17, 15) is 20.2 Å². The molecule has 1 heterocycles. The number of oxazole rings is 1. The van der Waals surface area contributed by atoms with E-state index in [1.807, 2.05) is 0 Å². The van der Waals surface area contributed by atoms with Crippen LogP contribution in [0.5, 0.6) is 5.75 Å². The van der Waals surface area contributed by atoms with Gasteiger partial charge in [0.1, 0.15) is 18.6 Å². The molecule has 1 aromatic heterocycles. The van der Waals surface area contributed by atoms with Crippen molar-refractivity contribution >= 4 is 11.4 Å². The highest BCUT2D eigenvalue weighted by molar-refractivity contribution is 5.53. The van der Waals surface area contributed by atoms with Gasteiger partial charge in [-0.05, 0) is 6.07 Å². The van der Waals surface area contributed by atoms with E-state index in [-0.39, 0.29) is 18.0 Å². The average molecular weight is 265 g/mol. The van der Waals surface area contributed by atoms with Gasteiger partial charge in [0, 0.05) is 6.07 Å². The third-order valence-electron chi connectivity index (χ3n) is 2.21. The van der Waals surface area contributed by atoms with Crippen molar-refractivity contribution in [1.82, 2.24) is 4.98 Å². The molecule has 0 aliphatic rings. The average Bonchev–Trinajstić information content (AvgIpc) is 2.89. The summed E-state index contributed by atoms with van der Waals surface area (Å²) in [6.07, 6.45) is 2.53. The predicted molar refractivity (Wildman–Crippen MR) is 60.6 cm³/mol. The first kappa shape index (κ1) is 12.5. The van der Waals surface area contributed by atoms with E-state index in [1.165, 1.54) is 18.7 Å². The number of nitro groups is 2. The molecule has 0 atom stereocenters. The molecular weight excluding hydrogens is 258 g/mol. The summed E-state index contributed by atoms with van der Waals surface area (Å²) in [5, 5.41) is 21.4. The fraction of sp³-hybridized carbons (Fsp3) is 0.100. The van der Waals surface area contributed by atoms with Gasteiger partial charge in [-0.1, -0.05) is 0 Å². The Morgan fingerprint density at radius 1 is 1.26 bits per heavy atom. The lowest BCUT2D eigenvalue weighted by Crippen LogP contribution is -2.00. The minimum atomic E-state index is -0.745. The molecule has 9 nitrogen and oxygen atoms in total. The van der Waals surface area contributed by atoms with Crippen molar-refractivity contribution in [2.24, 2.45) is 0 Å². The molecule has 9 heteroatoms. The molecule has 2 rings (SSSR count). The topological polar surface area (TPSA) is 122 Å². The SMILES string of the molecule is O=[N+]([O-])c1ccc(OCc2cocn2)c([N+](=O)[O-])c1. The molecule has 1 aromatic carbocycles. The van der Waals surface area contributed by atoms with Crippen LogP contribution in [0, 0.1) is 20.2 Å². The van der Waals surface area contributed by atoms with Crippen LogP contribution in [0.3, 0.4) is 0 Å². The Balaban J connectivity index is 2.24. The molecule has 19 heavy (non-hydrogen) atoms. The normalized spacial score (nSPS) is 10.1. The van der Waals surface area contributed by atoms with E-state index in [0.717, 1.165) is 12.1 Å². The van der Waals surface area contributed by atoms with Gasteiger partial charge in [0.25, 0.3) is 5.69 Å². The van der Waals surface area contributed by atoms with Crippen molar-refractivity contribution in [3.05, 3.63) is 56.8 Å². The van der Waals surface area contributed by atoms with Gasteiger partial charge in [0.05, 0.1) is 15.9 Å². The molecular formula is C10H7N3O6. The van der Waals surface area contributed by atoms with E-state index in [0.29, 0.717) is 5.69 Å². The first-order valence-electron chi connectivity index (χ1n) is 5.00. The van der Waals surface area contributed by atoms with Gasteiger partial charge in [0.15, 0.2) is 12.1 Å². The summed E-state index contributed by atoms with van der Waals surface area (Å²) in [5.74, 6) is -0.0707. The standard InChI is InChI=1S/C10H7N3O6/c14-12(15)8-1-2-10(9(3-8)13(16)17)19-5-7-4-18-6-11-7/h1-4,6H,5H2. The molecule has 2 aromatic rings. The molecule has 0 saturated carbocycles. The number of non-ortho nitro benzene ring substituents is 1. The molecule has 0 aliphatic heterocycles. The van der Waals surface area contributed by atoms with Crippen LogP contribution >= 0.6 is 0 Å². The Kier molecular flexibility index (Phi) is 3.37. The number of hydrogen-bond acceptors (Lipinski definition) is 7. The Labute approximate surface area is 105 Å². The fourth-order valence-corrected chi connectivity index (χ4v) is 1.34. The van der Waals surface area contributed by atoms with E-state index in [2.05, 4.69) is 4.98 Å². The lowest BCUT2D eigenvalue weighted by atomic mass is 10.2. The number of nitro benzene ring substituents is 2. The zero-order valence-corrected chi connectivity index (χ0v) is 9.38. The highest BCUT2D eigenvalue weighted by Gasteiger charge is 2.20. The highest BCUT2D eigenvalue weighted by Crippen LogP contribution is 2.31. The molecule has 0 radical (unpaired) electrons. The quantitative estimate of drug-likeness (QED) is 0.598. The molecule has 0 amide bonds. The van der Waals surface area contributed by atoms with Gasteiger partial charge in [0.2, 0.25) is 0 Å². The van der Waals surface area contributed by atoms with Gasteiger partial charge in [-0.15, -0.1) is 0 Å². The number of hydrogen-bond donors (Lipinski definition) is 0. The van der Waals surface area contributed by atoms with Gasteiger partial charge >= 0.3 is 5.69 Å². The Hall–Kier alpha value is -2.97. The van der Waals surface area contributed by atoms with Crippen molar-refractivity contribution in [2.75, 3.05) is 0 Å². The maximum absolute atomic E-state index is 10.8. The third-order valence-corrected chi connectivity index (χ3v) is 2.21. The number of nitrogens with zero attached hydrogens (tertiary/aromatic N) is 3. The lowest BCUT2D eigenvalue weighted by molar-refractivity contribution is -0.394. The largest absolute Gasteiger partial charge is 0.480 e. The third kappa shape index (κ3) is 2.83. The predicted octanol–water partition coefficient (Wildman–Crippen LogP) is 2.07. The van der Waals surface area contributed by atoms with Crippen LogP contribution in [0.1, 0.15) is 5.69 Å². The maximum Gasteiger partial charge on any atom is 0.317 e. The Morgan fingerprint density at radius 2 is 2.05 bits per heavy atom. The Morgan fingerprint density at radius 3 is 2.63 bits per heavy atom. The second kappa shape index (κ2) is 5.12. The molecule has 0 saturated heterocycles. The van der Waals surface area contributed by atoms with Crippen LogP contribution in [-0.4, -0.2) is 14.8 Å². The molecule has 0 unspecified atom stereocenters. The number of benzene rings is 1. The van der Waals surface area contributed by atoms with Crippen LogP contribution < -0.4 is 4.74 Å². The number of rotatable bonds is 5. The molecule has 0 N–H and O–H groups in total. The summed E-state index contributed by atoms with van der Waals surface area (Å²) in [7, 11) is 0. The molecule has 0 aliphatic carbocycles. The maximum atomic E-state index is 10.8. The van der Waals surface area contributed by atoms with Crippen molar-refractivity contribution in [3.8, 4) is 5.75 Å². The second-order valence-corrected chi connectivity index (χ2v) is 3.43. The summed E-state index contributed by atoms with van der Waals surface area (Å²) in [5.41, 5.74) is -0.397. The van der Waals surface area contributed by atoms with Crippen LogP contribution in [0.2, 0.25) is 0 Å². The number of aromatic nitrogens is 1. The lowest BCUT2D eigenvalue weighted by Gasteiger charge is -2.04. The summed E-state index contributed by atoms with van der Waals surface area (Å²) < 4.78 is 9.91. The van der Waals surface area contributed by atoms with Crippen molar-refractivity contribution in [1.29, 1.82) is 0 Å². The van der Waals surface area contributed by atoms with Crippen molar-refractivity contribution in [3.63, 3.8) is 0 Å². The van der Waals surface area contributed by atoms with Gasteiger partial charge in [-0.2, -0.15) is 0 Å². The van der Waals surface area contributed by atoms with Crippen LogP contribution in [0.15, 0.2) is 35.3 Å². The Bertz CT molecular complexity index is 610. The highest BCUT2D eigenvalue weighted by atomic mass is 16.6. The zero-order valence-electron chi connectivity index (χ0n) is 9.38. The summed E-state index contributed by atoms with van der Waals surface area (Å²) in [4.78, 5) is 23.7. The van der Waals surface area contributed by atoms with E-state index < -0.39 is 15.5 Å². The minimum Gasteiger partial charge on any atom is -0.480 e. The first-order valence-corrected chi connectivity index (χ1v) is 5.00. The second-order valence-electron chi connectivity index (χ2n) is 3.43. The zero-order chi connectivity index (χ0) is 13.8. The molecule has 98 valence electrons. The van der Waals surface area contributed by atoms with Gasteiger partial charge in [-0.3, -0.25) is 20.2 Å². The van der Waals surface area contributed by atoms with Crippen molar-refractivity contribution in [2.45, 2.75) is 6.61 Å². The fourth-order valence-electron chi connectivity index (χ4n) is 1.34. The monoisotopic (exact) mass is 265 g/mol. The van der Waals surface area contributed by atoms with Crippen LogP contribution in [0.25, 0.3) is 0 Å². The smallest absolute Gasteiger partial charge is 0.317 e.